The minimum absolute atomic E-state index is 0.0354. The molecule has 0 aromatic heterocycles. The van der Waals surface area contributed by atoms with E-state index < -0.39 is 23.6 Å². The van der Waals surface area contributed by atoms with Gasteiger partial charge >= 0.3 is 6.09 Å². The highest BCUT2D eigenvalue weighted by Crippen LogP contribution is 2.22. The lowest BCUT2D eigenvalue weighted by atomic mass is 10.2. The number of cyclic esters (lactones) is 1. The van der Waals surface area contributed by atoms with Crippen molar-refractivity contribution < 1.29 is 23.1 Å². The third-order valence-corrected chi connectivity index (χ3v) is 3.88. The number of halogens is 2. The summed E-state index contributed by atoms with van der Waals surface area (Å²) in [5, 5.41) is 2.60. The molecule has 1 aliphatic rings. The predicted octanol–water partition coefficient (Wildman–Crippen LogP) is 3.11. The molecule has 1 N–H and O–H groups in total. The van der Waals surface area contributed by atoms with Gasteiger partial charge in [-0.3, -0.25) is 9.69 Å². The number of amides is 2. The van der Waals surface area contributed by atoms with Crippen molar-refractivity contribution in [3.63, 3.8) is 0 Å². The summed E-state index contributed by atoms with van der Waals surface area (Å²) in [7, 11) is 0. The number of anilines is 1. The minimum atomic E-state index is -1.07. The summed E-state index contributed by atoms with van der Waals surface area (Å²) in [6.45, 7) is 0.641. The molecule has 2 aromatic rings. The quantitative estimate of drug-likeness (QED) is 0.905. The first-order chi connectivity index (χ1) is 12.0. The number of carbonyl (C=O) groups is 2. The van der Waals surface area contributed by atoms with Gasteiger partial charge in [0.1, 0.15) is 6.10 Å². The van der Waals surface area contributed by atoms with Crippen molar-refractivity contribution in [1.82, 2.24) is 5.32 Å². The summed E-state index contributed by atoms with van der Waals surface area (Å²) in [6, 6.07) is 12.1. The number of rotatable bonds is 5. The Hall–Kier alpha value is -2.96. The monoisotopic (exact) mass is 346 g/mol. The number of nitrogens with zero attached hydrogens (tertiary/aromatic N) is 1. The molecule has 0 spiro atoms. The maximum absolute atomic E-state index is 13.1. The largest absolute Gasteiger partial charge is 0.444 e. The summed E-state index contributed by atoms with van der Waals surface area (Å²) in [4.78, 5) is 25.4. The van der Waals surface area contributed by atoms with Crippen LogP contribution in [0.1, 0.15) is 16.8 Å². The summed E-state index contributed by atoms with van der Waals surface area (Å²) in [6.07, 6.45) is -0.356. The van der Waals surface area contributed by atoms with Crippen molar-refractivity contribution in [2.24, 2.45) is 0 Å². The first-order valence-corrected chi connectivity index (χ1v) is 7.81. The number of hydrogen-bond acceptors (Lipinski definition) is 3. The van der Waals surface area contributed by atoms with Crippen molar-refractivity contribution in [3.8, 4) is 0 Å². The molecule has 0 saturated carbocycles. The van der Waals surface area contributed by atoms with Crippen LogP contribution >= 0.6 is 0 Å². The molecule has 1 fully saturated rings. The first kappa shape index (κ1) is 16.9. The van der Waals surface area contributed by atoms with Crippen LogP contribution in [0, 0.1) is 11.6 Å². The first-order valence-electron chi connectivity index (χ1n) is 7.81. The Morgan fingerprint density at radius 3 is 2.64 bits per heavy atom. The van der Waals surface area contributed by atoms with Crippen LogP contribution in [0.5, 0.6) is 0 Å². The molecule has 0 bridgehead atoms. The Morgan fingerprint density at radius 2 is 1.92 bits per heavy atom. The number of carbonyl (C=O) groups excluding carboxylic acids is 2. The molecule has 0 radical (unpaired) electrons. The van der Waals surface area contributed by atoms with Crippen LogP contribution in [-0.2, 0) is 4.74 Å². The molecule has 1 unspecified atom stereocenters. The number of para-hydroxylation sites is 1. The smallest absolute Gasteiger partial charge is 0.414 e. The maximum Gasteiger partial charge on any atom is 0.414 e. The van der Waals surface area contributed by atoms with Gasteiger partial charge in [0.05, 0.1) is 6.54 Å². The molecule has 25 heavy (non-hydrogen) atoms. The Labute approximate surface area is 143 Å². The Balaban J connectivity index is 1.50. The lowest BCUT2D eigenvalue weighted by Crippen LogP contribution is -2.29. The van der Waals surface area contributed by atoms with E-state index in [4.69, 9.17) is 4.74 Å². The van der Waals surface area contributed by atoms with Gasteiger partial charge in [0.15, 0.2) is 11.6 Å². The summed E-state index contributed by atoms with van der Waals surface area (Å²) in [5.74, 6) is -2.59. The number of hydrogen-bond donors (Lipinski definition) is 1. The molecule has 130 valence electrons. The van der Waals surface area contributed by atoms with E-state index >= 15 is 0 Å². The van der Waals surface area contributed by atoms with Crippen LogP contribution in [0.25, 0.3) is 0 Å². The molecule has 2 aromatic carbocycles. The van der Waals surface area contributed by atoms with Gasteiger partial charge in [0.2, 0.25) is 0 Å². The molecule has 1 aliphatic heterocycles. The molecule has 1 atom stereocenters. The second kappa shape index (κ2) is 7.29. The van der Waals surface area contributed by atoms with Crippen LogP contribution in [0.2, 0.25) is 0 Å². The van der Waals surface area contributed by atoms with E-state index in [2.05, 4.69) is 5.32 Å². The zero-order valence-electron chi connectivity index (χ0n) is 13.2. The summed E-state index contributed by atoms with van der Waals surface area (Å²) in [5.41, 5.74) is 0.786. The summed E-state index contributed by atoms with van der Waals surface area (Å²) < 4.78 is 31.3. The molecule has 0 aliphatic carbocycles. The van der Waals surface area contributed by atoms with E-state index in [1.807, 2.05) is 30.3 Å². The van der Waals surface area contributed by atoms with Gasteiger partial charge in [-0.05, 0) is 30.3 Å². The standard InChI is InChI=1S/C18H16F2N2O3/c19-15-7-6-12(10-16(15)20)17(23)21-9-8-14-11-22(18(24)25-14)13-4-2-1-3-5-13/h1-7,10,14H,8-9,11H2,(H,21,23). The van der Waals surface area contributed by atoms with Gasteiger partial charge in [-0.2, -0.15) is 0 Å². The zero-order valence-corrected chi connectivity index (χ0v) is 13.2. The van der Waals surface area contributed by atoms with Crippen molar-refractivity contribution in [3.05, 3.63) is 65.7 Å². The highest BCUT2D eigenvalue weighted by molar-refractivity contribution is 5.94. The van der Waals surface area contributed by atoms with Crippen LogP contribution < -0.4 is 10.2 Å². The average Bonchev–Trinajstić information content (AvgIpc) is 2.98. The van der Waals surface area contributed by atoms with E-state index in [0.29, 0.717) is 13.0 Å². The maximum atomic E-state index is 13.1. The van der Waals surface area contributed by atoms with E-state index in [1.54, 1.807) is 0 Å². The average molecular weight is 346 g/mol. The fourth-order valence-corrected chi connectivity index (χ4v) is 2.58. The fourth-order valence-electron chi connectivity index (χ4n) is 2.58. The molecule has 5 nitrogen and oxygen atoms in total. The fraction of sp³-hybridized carbons (Fsp3) is 0.222. The van der Waals surface area contributed by atoms with Crippen molar-refractivity contribution in [1.29, 1.82) is 0 Å². The number of nitrogens with one attached hydrogen (secondary N) is 1. The van der Waals surface area contributed by atoms with Crippen LogP contribution in [0.3, 0.4) is 0 Å². The van der Waals surface area contributed by atoms with Gasteiger partial charge in [0, 0.05) is 24.2 Å². The van der Waals surface area contributed by atoms with Crippen LogP contribution in [-0.4, -0.2) is 31.2 Å². The van der Waals surface area contributed by atoms with Crippen molar-refractivity contribution in [2.45, 2.75) is 12.5 Å². The van der Waals surface area contributed by atoms with Gasteiger partial charge < -0.3 is 10.1 Å². The molecule has 1 saturated heterocycles. The van der Waals surface area contributed by atoms with Crippen molar-refractivity contribution >= 4 is 17.7 Å². The van der Waals surface area contributed by atoms with Gasteiger partial charge in [-0.25, -0.2) is 13.6 Å². The molecule has 1 heterocycles. The van der Waals surface area contributed by atoms with Crippen LogP contribution in [0.15, 0.2) is 48.5 Å². The number of benzene rings is 2. The molecular formula is C18H16F2N2O3. The highest BCUT2D eigenvalue weighted by Gasteiger charge is 2.31. The van der Waals surface area contributed by atoms with E-state index in [1.165, 1.54) is 11.0 Å². The Kier molecular flexibility index (Phi) is 4.92. The Bertz CT molecular complexity index is 783. The molecular weight excluding hydrogens is 330 g/mol. The van der Waals surface area contributed by atoms with Gasteiger partial charge in [-0.1, -0.05) is 18.2 Å². The molecule has 2 amide bonds. The normalized spacial score (nSPS) is 16.6. The third kappa shape index (κ3) is 3.93. The van der Waals surface area contributed by atoms with Gasteiger partial charge in [-0.15, -0.1) is 0 Å². The number of ether oxygens (including phenoxy) is 1. The van der Waals surface area contributed by atoms with Crippen LogP contribution in [0.4, 0.5) is 19.3 Å². The SMILES string of the molecule is O=C(NCCC1CN(c2ccccc2)C(=O)O1)c1ccc(F)c(F)c1. The highest BCUT2D eigenvalue weighted by atomic mass is 19.2. The lowest BCUT2D eigenvalue weighted by Gasteiger charge is -2.12. The third-order valence-electron chi connectivity index (χ3n) is 3.88. The molecule has 7 heteroatoms. The second-order valence-electron chi connectivity index (χ2n) is 5.63. The Morgan fingerprint density at radius 1 is 1.16 bits per heavy atom. The minimum Gasteiger partial charge on any atom is -0.444 e. The van der Waals surface area contributed by atoms with E-state index in [0.717, 1.165) is 17.8 Å². The van der Waals surface area contributed by atoms with E-state index in [9.17, 15) is 18.4 Å². The lowest BCUT2D eigenvalue weighted by molar-refractivity contribution is 0.0943. The zero-order chi connectivity index (χ0) is 17.8. The molecule has 3 rings (SSSR count). The van der Waals surface area contributed by atoms with Crippen molar-refractivity contribution in [2.75, 3.05) is 18.0 Å². The van der Waals surface area contributed by atoms with Gasteiger partial charge in [0.25, 0.3) is 5.91 Å². The summed E-state index contributed by atoms with van der Waals surface area (Å²) >= 11 is 0. The second-order valence-corrected chi connectivity index (χ2v) is 5.63. The predicted molar refractivity (Wildman–Crippen MR) is 87.4 cm³/mol. The topological polar surface area (TPSA) is 58.6 Å². The van der Waals surface area contributed by atoms with E-state index in [-0.39, 0.29) is 18.2 Å².